The molecule has 0 radical (unpaired) electrons. The van der Waals surface area contributed by atoms with Crippen LogP contribution in [0.2, 0.25) is 0 Å². The second-order valence-corrected chi connectivity index (χ2v) is 2.63. The summed E-state index contributed by atoms with van der Waals surface area (Å²) in [6, 6.07) is 1.50. The first-order valence-corrected chi connectivity index (χ1v) is 4.03. The average Bonchev–Trinajstić information content (AvgIpc) is 2.62. The average molecular weight is 197 g/mol. The van der Waals surface area contributed by atoms with Gasteiger partial charge in [0.25, 0.3) is 5.91 Å². The number of rotatable bonds is 4. The van der Waals surface area contributed by atoms with Gasteiger partial charge in [0, 0.05) is 6.20 Å². The molecule has 0 bridgehead atoms. The summed E-state index contributed by atoms with van der Waals surface area (Å²) in [4.78, 5) is 21.7. The largest absolute Gasteiger partial charge is 0.469 e. The van der Waals surface area contributed by atoms with Gasteiger partial charge in [-0.2, -0.15) is 5.10 Å². The number of primary amides is 1. The highest BCUT2D eigenvalue weighted by atomic mass is 16.5. The number of amides is 1. The molecule has 0 aliphatic rings. The Morgan fingerprint density at radius 2 is 2.36 bits per heavy atom. The predicted octanol–water partition coefficient (Wildman–Crippen LogP) is -0.455. The molecule has 1 heterocycles. The number of hydrogen-bond acceptors (Lipinski definition) is 4. The zero-order valence-electron chi connectivity index (χ0n) is 7.77. The van der Waals surface area contributed by atoms with Crippen LogP contribution >= 0.6 is 0 Å². The summed E-state index contributed by atoms with van der Waals surface area (Å²) in [5, 5.41) is 3.85. The van der Waals surface area contributed by atoms with Gasteiger partial charge in [-0.1, -0.05) is 0 Å². The second kappa shape index (κ2) is 4.40. The molecule has 0 aromatic carbocycles. The van der Waals surface area contributed by atoms with Gasteiger partial charge in [0.15, 0.2) is 0 Å². The Morgan fingerprint density at radius 1 is 1.64 bits per heavy atom. The van der Waals surface area contributed by atoms with Gasteiger partial charge in [-0.05, 0) is 6.07 Å². The summed E-state index contributed by atoms with van der Waals surface area (Å²) in [7, 11) is 1.31. The smallest absolute Gasteiger partial charge is 0.307 e. The summed E-state index contributed by atoms with van der Waals surface area (Å²) in [6.07, 6.45) is 1.62. The van der Waals surface area contributed by atoms with Crippen molar-refractivity contribution < 1.29 is 14.3 Å². The highest BCUT2D eigenvalue weighted by Crippen LogP contribution is 1.99. The molecule has 6 heteroatoms. The first-order valence-electron chi connectivity index (χ1n) is 4.03. The first kappa shape index (κ1) is 10.2. The monoisotopic (exact) mass is 197 g/mol. The number of carbonyl (C=O) groups is 2. The summed E-state index contributed by atoms with van der Waals surface area (Å²) >= 11 is 0. The Labute approximate surface area is 80.6 Å². The number of aryl methyl sites for hydroxylation is 1. The molecule has 14 heavy (non-hydrogen) atoms. The van der Waals surface area contributed by atoms with Gasteiger partial charge in [0.1, 0.15) is 5.69 Å². The minimum absolute atomic E-state index is 0.165. The molecule has 2 N–H and O–H groups in total. The molecule has 76 valence electrons. The van der Waals surface area contributed by atoms with Gasteiger partial charge in [-0.3, -0.25) is 14.3 Å². The Morgan fingerprint density at radius 3 is 2.93 bits per heavy atom. The van der Waals surface area contributed by atoms with Crippen molar-refractivity contribution in [2.45, 2.75) is 13.0 Å². The van der Waals surface area contributed by atoms with Crippen LogP contribution in [0.5, 0.6) is 0 Å². The fourth-order valence-corrected chi connectivity index (χ4v) is 1.02. The second-order valence-electron chi connectivity index (χ2n) is 2.63. The summed E-state index contributed by atoms with van der Waals surface area (Å²) in [6.45, 7) is 0.290. The minimum Gasteiger partial charge on any atom is -0.469 e. The third kappa shape index (κ3) is 2.32. The van der Waals surface area contributed by atoms with Crippen LogP contribution in [0.25, 0.3) is 0 Å². The highest BCUT2D eigenvalue weighted by Gasteiger charge is 2.09. The van der Waals surface area contributed by atoms with Crippen molar-refractivity contribution in [2.75, 3.05) is 7.11 Å². The maximum absolute atomic E-state index is 10.8. The molecule has 6 nitrogen and oxygen atoms in total. The summed E-state index contributed by atoms with van der Waals surface area (Å²) in [5.74, 6) is -0.914. The Balaban J connectivity index is 2.63. The molecule has 1 aromatic heterocycles. The fourth-order valence-electron chi connectivity index (χ4n) is 1.02. The first-order chi connectivity index (χ1) is 6.65. The van der Waals surface area contributed by atoms with Crippen molar-refractivity contribution in [1.82, 2.24) is 9.78 Å². The number of carbonyl (C=O) groups excluding carboxylic acids is 2. The topological polar surface area (TPSA) is 87.2 Å². The van der Waals surface area contributed by atoms with Crippen molar-refractivity contribution in [2.24, 2.45) is 5.73 Å². The SMILES string of the molecule is COC(=O)CCn1nccc1C(N)=O. The number of esters is 1. The van der Waals surface area contributed by atoms with E-state index in [1.165, 1.54) is 24.1 Å². The minimum atomic E-state index is -0.563. The predicted molar refractivity (Wildman–Crippen MR) is 47.4 cm³/mol. The molecule has 1 aromatic rings. The number of nitrogens with two attached hydrogens (primary N) is 1. The van der Waals surface area contributed by atoms with Crippen molar-refractivity contribution >= 4 is 11.9 Å². The maximum atomic E-state index is 10.8. The van der Waals surface area contributed by atoms with Crippen LogP contribution in [0, 0.1) is 0 Å². The fraction of sp³-hybridized carbons (Fsp3) is 0.375. The molecule has 0 saturated carbocycles. The molecule has 0 fully saturated rings. The lowest BCUT2D eigenvalue weighted by Gasteiger charge is -2.03. The zero-order valence-corrected chi connectivity index (χ0v) is 7.77. The van der Waals surface area contributed by atoms with Crippen LogP contribution < -0.4 is 5.73 Å². The molecule has 0 atom stereocenters. The number of aromatic nitrogens is 2. The third-order valence-corrected chi connectivity index (χ3v) is 1.72. The van der Waals surface area contributed by atoms with Crippen molar-refractivity contribution in [3.8, 4) is 0 Å². The lowest BCUT2D eigenvalue weighted by Crippen LogP contribution is -2.19. The summed E-state index contributed by atoms with van der Waals surface area (Å²) < 4.78 is 5.83. The van der Waals surface area contributed by atoms with E-state index in [0.717, 1.165) is 0 Å². The Hall–Kier alpha value is -1.85. The van der Waals surface area contributed by atoms with E-state index >= 15 is 0 Å². The lowest BCUT2D eigenvalue weighted by molar-refractivity contribution is -0.140. The van der Waals surface area contributed by atoms with Gasteiger partial charge in [-0.25, -0.2) is 0 Å². The standard InChI is InChI=1S/C8H11N3O3/c1-14-7(12)3-5-11-6(8(9)13)2-4-10-11/h2,4H,3,5H2,1H3,(H2,9,13). The van der Waals surface area contributed by atoms with Crippen LogP contribution in [-0.2, 0) is 16.1 Å². The molecule has 1 amide bonds. The Bertz CT molecular complexity index is 345. The quantitative estimate of drug-likeness (QED) is 0.662. The van der Waals surface area contributed by atoms with Crippen LogP contribution in [-0.4, -0.2) is 28.8 Å². The van der Waals surface area contributed by atoms with Gasteiger partial charge < -0.3 is 10.5 Å². The van der Waals surface area contributed by atoms with E-state index < -0.39 is 5.91 Å². The number of hydrogen-bond donors (Lipinski definition) is 1. The molecule has 0 spiro atoms. The van der Waals surface area contributed by atoms with Gasteiger partial charge >= 0.3 is 5.97 Å². The van der Waals surface area contributed by atoms with E-state index in [-0.39, 0.29) is 24.6 Å². The highest BCUT2D eigenvalue weighted by molar-refractivity contribution is 5.90. The van der Waals surface area contributed by atoms with E-state index in [0.29, 0.717) is 0 Å². The van der Waals surface area contributed by atoms with E-state index in [1.807, 2.05) is 0 Å². The number of ether oxygens (including phenoxy) is 1. The van der Waals surface area contributed by atoms with E-state index in [9.17, 15) is 9.59 Å². The van der Waals surface area contributed by atoms with Crippen LogP contribution in [0.3, 0.4) is 0 Å². The van der Waals surface area contributed by atoms with Crippen LogP contribution in [0.15, 0.2) is 12.3 Å². The van der Waals surface area contributed by atoms with Crippen molar-refractivity contribution in [1.29, 1.82) is 0 Å². The van der Waals surface area contributed by atoms with Crippen LogP contribution in [0.1, 0.15) is 16.9 Å². The molecule has 0 unspecified atom stereocenters. The van der Waals surface area contributed by atoms with E-state index in [2.05, 4.69) is 9.84 Å². The molecular weight excluding hydrogens is 186 g/mol. The molecule has 0 aliphatic heterocycles. The number of methoxy groups -OCH3 is 1. The van der Waals surface area contributed by atoms with Crippen molar-refractivity contribution in [3.63, 3.8) is 0 Å². The molecule has 0 saturated heterocycles. The van der Waals surface area contributed by atoms with Crippen molar-refractivity contribution in [3.05, 3.63) is 18.0 Å². The zero-order chi connectivity index (χ0) is 10.6. The maximum Gasteiger partial charge on any atom is 0.307 e. The van der Waals surface area contributed by atoms with Gasteiger partial charge in [0.05, 0.1) is 20.1 Å². The number of nitrogens with zero attached hydrogens (tertiary/aromatic N) is 2. The van der Waals surface area contributed by atoms with Gasteiger partial charge in [-0.15, -0.1) is 0 Å². The third-order valence-electron chi connectivity index (χ3n) is 1.72. The Kier molecular flexibility index (Phi) is 3.22. The summed E-state index contributed by atoms with van der Waals surface area (Å²) in [5.41, 5.74) is 5.37. The van der Waals surface area contributed by atoms with E-state index in [1.54, 1.807) is 0 Å². The normalized spacial score (nSPS) is 9.79. The van der Waals surface area contributed by atoms with Gasteiger partial charge in [0.2, 0.25) is 0 Å². The molecule has 1 rings (SSSR count). The van der Waals surface area contributed by atoms with E-state index in [4.69, 9.17) is 5.73 Å². The molecule has 0 aliphatic carbocycles. The lowest BCUT2D eigenvalue weighted by atomic mass is 10.4. The molecular formula is C8H11N3O3. The van der Waals surface area contributed by atoms with Crippen LogP contribution in [0.4, 0.5) is 0 Å².